The van der Waals surface area contributed by atoms with E-state index in [4.69, 9.17) is 15.2 Å². The number of nitrogens with two attached hydrogens (primary N) is 1. The molecule has 0 unspecified atom stereocenters. The molecule has 1 heterocycles. The topological polar surface area (TPSA) is 81.9 Å². The van der Waals surface area contributed by atoms with E-state index in [1.54, 1.807) is 0 Å². The molecule has 114 valence electrons. The molecule has 1 saturated heterocycles. The first-order valence-electron chi connectivity index (χ1n) is 6.92. The fraction of sp³-hybridized carbons (Fsp3) is 0.467. The van der Waals surface area contributed by atoms with E-state index in [-0.39, 0.29) is 12.6 Å². The van der Waals surface area contributed by atoms with Crippen molar-refractivity contribution in [3.63, 3.8) is 0 Å². The molecule has 21 heavy (non-hydrogen) atoms. The Bertz CT molecular complexity index is 492. The first-order chi connectivity index (χ1) is 10.1. The maximum Gasteiger partial charge on any atom is 0.410 e. The van der Waals surface area contributed by atoms with Crippen LogP contribution < -0.4 is 5.73 Å². The minimum atomic E-state index is -0.613. The van der Waals surface area contributed by atoms with Crippen LogP contribution in [0.2, 0.25) is 0 Å². The third kappa shape index (κ3) is 3.95. The number of likely N-dealkylation sites (tertiary alicyclic amines) is 1. The molecule has 6 nitrogen and oxygen atoms in total. The number of carbonyl (C=O) groups is 2. The second-order valence-corrected chi connectivity index (χ2v) is 5.07. The van der Waals surface area contributed by atoms with E-state index in [9.17, 15) is 9.59 Å². The van der Waals surface area contributed by atoms with E-state index < -0.39 is 18.1 Å². The largest absolute Gasteiger partial charge is 0.467 e. The van der Waals surface area contributed by atoms with Gasteiger partial charge in [-0.15, -0.1) is 0 Å². The van der Waals surface area contributed by atoms with Crippen molar-refractivity contribution in [3.05, 3.63) is 35.9 Å². The molecule has 1 aliphatic rings. The number of rotatable bonds is 3. The monoisotopic (exact) mass is 292 g/mol. The lowest BCUT2D eigenvalue weighted by atomic mass is 9.99. The Kier molecular flexibility index (Phi) is 5.16. The lowest BCUT2D eigenvalue weighted by Gasteiger charge is -2.35. The second-order valence-electron chi connectivity index (χ2n) is 5.07. The van der Waals surface area contributed by atoms with Crippen LogP contribution in [0.3, 0.4) is 0 Å². The van der Waals surface area contributed by atoms with Crippen molar-refractivity contribution in [2.75, 3.05) is 13.7 Å². The predicted octanol–water partition coefficient (Wildman–Crippen LogP) is 1.29. The van der Waals surface area contributed by atoms with Gasteiger partial charge in [-0.05, 0) is 18.4 Å². The van der Waals surface area contributed by atoms with Gasteiger partial charge in [0.15, 0.2) is 0 Å². The first kappa shape index (κ1) is 15.3. The van der Waals surface area contributed by atoms with Crippen LogP contribution in [-0.2, 0) is 20.9 Å². The fourth-order valence-corrected chi connectivity index (χ4v) is 2.38. The molecule has 1 aromatic carbocycles. The summed E-state index contributed by atoms with van der Waals surface area (Å²) in [6.45, 7) is 0.465. The van der Waals surface area contributed by atoms with Crippen LogP contribution in [0.15, 0.2) is 30.3 Å². The van der Waals surface area contributed by atoms with Crippen LogP contribution in [0, 0.1) is 0 Å². The summed E-state index contributed by atoms with van der Waals surface area (Å²) >= 11 is 0. The summed E-state index contributed by atoms with van der Waals surface area (Å²) in [5.74, 6) is -0.432. The van der Waals surface area contributed by atoms with E-state index in [2.05, 4.69) is 0 Å². The molecule has 1 fully saturated rings. The summed E-state index contributed by atoms with van der Waals surface area (Å²) in [6, 6.07) is 8.62. The quantitative estimate of drug-likeness (QED) is 0.849. The van der Waals surface area contributed by atoms with Gasteiger partial charge in [-0.2, -0.15) is 0 Å². The molecule has 1 aliphatic heterocycles. The molecule has 0 aromatic heterocycles. The Morgan fingerprint density at radius 2 is 2.00 bits per heavy atom. The van der Waals surface area contributed by atoms with Crippen LogP contribution in [0.4, 0.5) is 4.79 Å². The van der Waals surface area contributed by atoms with Crippen LogP contribution in [-0.4, -0.2) is 42.7 Å². The number of piperidine rings is 1. The lowest BCUT2D eigenvalue weighted by molar-refractivity contribution is -0.147. The van der Waals surface area contributed by atoms with Crippen molar-refractivity contribution in [2.24, 2.45) is 5.73 Å². The van der Waals surface area contributed by atoms with Crippen molar-refractivity contribution in [2.45, 2.75) is 31.5 Å². The standard InChI is InChI=1S/C15H20N2O4/c1-20-14(18)13-8-7-12(16)9-17(13)15(19)21-10-11-5-3-2-4-6-11/h2-6,12-13H,7-10,16H2,1H3/t12-,13-/m1/s1. The molecule has 6 heteroatoms. The van der Waals surface area contributed by atoms with Crippen molar-refractivity contribution >= 4 is 12.1 Å². The highest BCUT2D eigenvalue weighted by atomic mass is 16.6. The van der Waals surface area contributed by atoms with E-state index in [1.807, 2.05) is 30.3 Å². The summed E-state index contributed by atoms with van der Waals surface area (Å²) in [6.07, 6.45) is 0.640. The summed E-state index contributed by atoms with van der Waals surface area (Å²) < 4.78 is 10.0. The highest BCUT2D eigenvalue weighted by molar-refractivity contribution is 5.81. The number of hydrogen-bond donors (Lipinski definition) is 1. The van der Waals surface area contributed by atoms with Gasteiger partial charge in [-0.1, -0.05) is 30.3 Å². The third-order valence-corrected chi connectivity index (χ3v) is 3.53. The molecule has 0 saturated carbocycles. The van der Waals surface area contributed by atoms with Gasteiger partial charge in [0.2, 0.25) is 0 Å². The van der Waals surface area contributed by atoms with Gasteiger partial charge in [0, 0.05) is 12.6 Å². The number of nitrogens with zero attached hydrogens (tertiary/aromatic N) is 1. The molecular formula is C15H20N2O4. The number of esters is 1. The molecule has 2 atom stereocenters. The van der Waals surface area contributed by atoms with Gasteiger partial charge in [-0.3, -0.25) is 4.90 Å². The Morgan fingerprint density at radius 3 is 2.67 bits per heavy atom. The fourth-order valence-electron chi connectivity index (χ4n) is 2.38. The smallest absolute Gasteiger partial charge is 0.410 e. The van der Waals surface area contributed by atoms with Crippen molar-refractivity contribution in [3.8, 4) is 0 Å². The minimum Gasteiger partial charge on any atom is -0.467 e. The highest BCUT2D eigenvalue weighted by Crippen LogP contribution is 2.19. The van der Waals surface area contributed by atoms with Crippen molar-refractivity contribution < 1.29 is 19.1 Å². The van der Waals surface area contributed by atoms with E-state index in [0.29, 0.717) is 19.4 Å². The number of benzene rings is 1. The van der Waals surface area contributed by atoms with E-state index in [1.165, 1.54) is 12.0 Å². The second kappa shape index (κ2) is 7.08. The molecule has 1 aromatic rings. The average molecular weight is 292 g/mol. The van der Waals surface area contributed by atoms with Crippen LogP contribution >= 0.6 is 0 Å². The van der Waals surface area contributed by atoms with Gasteiger partial charge in [0.1, 0.15) is 12.6 Å². The summed E-state index contributed by atoms with van der Waals surface area (Å²) in [5, 5.41) is 0. The summed E-state index contributed by atoms with van der Waals surface area (Å²) in [7, 11) is 1.31. The van der Waals surface area contributed by atoms with Crippen LogP contribution in [0.25, 0.3) is 0 Å². The SMILES string of the molecule is COC(=O)[C@H]1CC[C@@H](N)CN1C(=O)OCc1ccccc1. The zero-order valence-electron chi connectivity index (χ0n) is 12.0. The number of ether oxygens (including phenoxy) is 2. The number of carbonyl (C=O) groups excluding carboxylic acids is 2. The van der Waals surface area contributed by atoms with Crippen molar-refractivity contribution in [1.29, 1.82) is 0 Å². The Labute approximate surface area is 123 Å². The maximum absolute atomic E-state index is 12.2. The molecule has 2 N–H and O–H groups in total. The molecular weight excluding hydrogens is 272 g/mol. The number of amides is 1. The van der Waals surface area contributed by atoms with E-state index in [0.717, 1.165) is 5.56 Å². The normalized spacial score (nSPS) is 21.7. The minimum absolute atomic E-state index is 0.143. The zero-order valence-corrected chi connectivity index (χ0v) is 12.0. The average Bonchev–Trinajstić information content (AvgIpc) is 2.52. The predicted molar refractivity (Wildman–Crippen MR) is 76.3 cm³/mol. The maximum atomic E-state index is 12.2. The number of methoxy groups -OCH3 is 1. The molecule has 1 amide bonds. The van der Waals surface area contributed by atoms with Gasteiger partial charge in [-0.25, -0.2) is 9.59 Å². The van der Waals surface area contributed by atoms with Crippen LogP contribution in [0.1, 0.15) is 18.4 Å². The van der Waals surface area contributed by atoms with Gasteiger partial charge in [0.05, 0.1) is 7.11 Å². The van der Waals surface area contributed by atoms with Gasteiger partial charge in [0.25, 0.3) is 0 Å². The molecule has 0 radical (unpaired) electrons. The molecule has 0 aliphatic carbocycles. The molecule has 0 spiro atoms. The number of hydrogen-bond acceptors (Lipinski definition) is 5. The van der Waals surface area contributed by atoms with Crippen LogP contribution in [0.5, 0.6) is 0 Å². The highest BCUT2D eigenvalue weighted by Gasteiger charge is 2.36. The first-order valence-corrected chi connectivity index (χ1v) is 6.92. The Morgan fingerprint density at radius 1 is 1.29 bits per heavy atom. The summed E-state index contributed by atoms with van der Waals surface area (Å²) in [4.78, 5) is 25.3. The van der Waals surface area contributed by atoms with E-state index >= 15 is 0 Å². The molecule has 0 bridgehead atoms. The third-order valence-electron chi connectivity index (χ3n) is 3.53. The molecule has 2 rings (SSSR count). The lowest BCUT2D eigenvalue weighted by Crippen LogP contribution is -2.54. The van der Waals surface area contributed by atoms with Crippen molar-refractivity contribution in [1.82, 2.24) is 4.90 Å². The Balaban J connectivity index is 1.98. The van der Waals surface area contributed by atoms with Gasteiger partial charge >= 0.3 is 12.1 Å². The van der Waals surface area contributed by atoms with Gasteiger partial charge < -0.3 is 15.2 Å². The summed E-state index contributed by atoms with van der Waals surface area (Å²) in [5.41, 5.74) is 6.76. The Hall–Kier alpha value is -2.08. The zero-order chi connectivity index (χ0) is 15.2.